The van der Waals surface area contributed by atoms with E-state index in [1.54, 1.807) is 23.1 Å². The second-order valence-electron chi connectivity index (χ2n) is 4.38. The van der Waals surface area contributed by atoms with Crippen LogP contribution in [0.4, 0.5) is 11.4 Å². The van der Waals surface area contributed by atoms with Crippen molar-refractivity contribution in [3.8, 4) is 0 Å². The molecule has 1 aliphatic rings. The van der Waals surface area contributed by atoms with Crippen molar-refractivity contribution in [3.63, 3.8) is 0 Å². The monoisotopic (exact) mass is 262 g/mol. The summed E-state index contributed by atoms with van der Waals surface area (Å²) in [4.78, 5) is 34.8. The molecular weight excluding hydrogens is 248 g/mol. The van der Waals surface area contributed by atoms with Gasteiger partial charge in [0.2, 0.25) is 11.8 Å². The molecule has 6 heteroatoms. The molecule has 0 unspecified atom stereocenters. The fourth-order valence-electron chi connectivity index (χ4n) is 2.15. The second kappa shape index (κ2) is 5.09. The first-order chi connectivity index (χ1) is 8.97. The van der Waals surface area contributed by atoms with Crippen LogP contribution in [0.3, 0.4) is 0 Å². The number of aliphatic carboxylic acids is 1. The third-order valence-electron chi connectivity index (χ3n) is 2.95. The highest BCUT2D eigenvalue weighted by atomic mass is 16.4. The molecule has 1 aliphatic heterocycles. The Kier molecular flexibility index (Phi) is 3.50. The number of carbonyl (C=O) groups is 3. The van der Waals surface area contributed by atoms with Gasteiger partial charge in [-0.15, -0.1) is 0 Å². The van der Waals surface area contributed by atoms with E-state index in [1.807, 2.05) is 0 Å². The van der Waals surface area contributed by atoms with E-state index in [1.165, 1.54) is 6.92 Å². The Balaban J connectivity index is 2.13. The molecule has 0 atom stereocenters. The first kappa shape index (κ1) is 13.1. The lowest BCUT2D eigenvalue weighted by atomic mass is 10.1. The predicted molar refractivity (Wildman–Crippen MR) is 69.1 cm³/mol. The third-order valence-corrected chi connectivity index (χ3v) is 2.95. The van der Waals surface area contributed by atoms with E-state index < -0.39 is 18.3 Å². The Labute approximate surface area is 110 Å². The summed E-state index contributed by atoms with van der Waals surface area (Å²) in [5.41, 5.74) is 2.38. The van der Waals surface area contributed by atoms with Gasteiger partial charge in [0, 0.05) is 24.8 Å². The number of benzene rings is 1. The Morgan fingerprint density at radius 1 is 1.37 bits per heavy atom. The van der Waals surface area contributed by atoms with Gasteiger partial charge in [-0.1, -0.05) is 0 Å². The summed E-state index contributed by atoms with van der Waals surface area (Å²) in [6.07, 6.45) is 0.175. The molecule has 2 N–H and O–H groups in total. The fraction of sp³-hybridized carbons (Fsp3) is 0.308. The van der Waals surface area contributed by atoms with Crippen LogP contribution in [0.25, 0.3) is 0 Å². The van der Waals surface area contributed by atoms with Gasteiger partial charge in [0.1, 0.15) is 6.42 Å². The van der Waals surface area contributed by atoms with Crippen LogP contribution < -0.4 is 10.2 Å². The molecule has 0 spiro atoms. The van der Waals surface area contributed by atoms with Crippen molar-refractivity contribution < 1.29 is 19.5 Å². The van der Waals surface area contributed by atoms with Crippen molar-refractivity contribution in [2.75, 3.05) is 16.8 Å². The Morgan fingerprint density at radius 3 is 2.74 bits per heavy atom. The van der Waals surface area contributed by atoms with Crippen LogP contribution in [0, 0.1) is 0 Å². The molecule has 6 nitrogen and oxygen atoms in total. The van der Waals surface area contributed by atoms with Crippen LogP contribution in [0.2, 0.25) is 0 Å². The van der Waals surface area contributed by atoms with E-state index >= 15 is 0 Å². The maximum absolute atomic E-state index is 11.4. The van der Waals surface area contributed by atoms with Gasteiger partial charge in [0.15, 0.2) is 0 Å². The first-order valence-electron chi connectivity index (χ1n) is 5.90. The first-order valence-corrected chi connectivity index (χ1v) is 5.90. The minimum atomic E-state index is -1.17. The van der Waals surface area contributed by atoms with Crippen LogP contribution in [0.1, 0.15) is 18.9 Å². The van der Waals surface area contributed by atoms with Gasteiger partial charge in [-0.25, -0.2) is 0 Å². The molecule has 0 saturated heterocycles. The standard InChI is InChI=1S/C13H14N2O4/c1-8(16)15-5-4-9-6-10(2-3-11(9)15)14-12(17)7-13(18)19/h2-3,6H,4-5,7H2,1H3,(H,14,17)(H,18,19). The minimum absolute atomic E-state index is 0.0126. The molecule has 0 aromatic heterocycles. The number of anilines is 2. The highest BCUT2D eigenvalue weighted by Gasteiger charge is 2.22. The normalized spacial score (nSPS) is 13.0. The van der Waals surface area contributed by atoms with Crippen molar-refractivity contribution in [1.29, 1.82) is 0 Å². The number of amides is 2. The number of hydrogen-bond donors (Lipinski definition) is 2. The zero-order valence-corrected chi connectivity index (χ0v) is 10.5. The van der Waals surface area contributed by atoms with Crippen LogP contribution in [0.5, 0.6) is 0 Å². The molecule has 0 radical (unpaired) electrons. The van der Waals surface area contributed by atoms with Crippen molar-refractivity contribution in [1.82, 2.24) is 0 Å². The highest BCUT2D eigenvalue weighted by Crippen LogP contribution is 2.30. The number of nitrogens with zero attached hydrogens (tertiary/aromatic N) is 1. The summed E-state index contributed by atoms with van der Waals surface area (Å²) in [6, 6.07) is 5.21. The molecule has 100 valence electrons. The largest absolute Gasteiger partial charge is 0.481 e. The smallest absolute Gasteiger partial charge is 0.312 e. The number of carboxylic acid groups (broad SMARTS) is 1. The molecule has 2 rings (SSSR count). The lowest BCUT2D eigenvalue weighted by Gasteiger charge is -2.15. The van der Waals surface area contributed by atoms with Gasteiger partial charge in [-0.05, 0) is 30.2 Å². The molecule has 2 amide bonds. The van der Waals surface area contributed by atoms with E-state index in [9.17, 15) is 14.4 Å². The quantitative estimate of drug-likeness (QED) is 0.796. The molecule has 1 heterocycles. The zero-order valence-electron chi connectivity index (χ0n) is 10.5. The van der Waals surface area contributed by atoms with Crippen molar-refractivity contribution in [2.24, 2.45) is 0 Å². The van der Waals surface area contributed by atoms with Gasteiger partial charge in [-0.2, -0.15) is 0 Å². The van der Waals surface area contributed by atoms with Crippen molar-refractivity contribution in [2.45, 2.75) is 19.8 Å². The zero-order chi connectivity index (χ0) is 14.0. The van der Waals surface area contributed by atoms with E-state index in [-0.39, 0.29) is 5.91 Å². The van der Waals surface area contributed by atoms with Crippen molar-refractivity contribution >= 4 is 29.2 Å². The molecule has 0 aliphatic carbocycles. The molecule has 0 fully saturated rings. The number of hydrogen-bond acceptors (Lipinski definition) is 3. The highest BCUT2D eigenvalue weighted by molar-refractivity contribution is 6.01. The number of fused-ring (bicyclic) bond motifs is 1. The topological polar surface area (TPSA) is 86.7 Å². The SMILES string of the molecule is CC(=O)N1CCc2cc(NC(=O)CC(=O)O)ccc21. The van der Waals surface area contributed by atoms with Crippen LogP contribution in [-0.2, 0) is 20.8 Å². The molecule has 0 saturated carbocycles. The minimum Gasteiger partial charge on any atom is -0.481 e. The van der Waals surface area contributed by atoms with Crippen LogP contribution in [0.15, 0.2) is 18.2 Å². The molecule has 0 bridgehead atoms. The number of nitrogens with one attached hydrogen (secondary N) is 1. The molecule has 1 aromatic rings. The molecule has 19 heavy (non-hydrogen) atoms. The van der Waals surface area contributed by atoms with Gasteiger partial charge >= 0.3 is 5.97 Å². The summed E-state index contributed by atoms with van der Waals surface area (Å²) >= 11 is 0. The third kappa shape index (κ3) is 2.90. The number of carboxylic acids is 1. The van der Waals surface area contributed by atoms with Crippen molar-refractivity contribution in [3.05, 3.63) is 23.8 Å². The Morgan fingerprint density at radius 2 is 2.11 bits per heavy atom. The average molecular weight is 262 g/mol. The second-order valence-corrected chi connectivity index (χ2v) is 4.38. The van der Waals surface area contributed by atoms with E-state index in [2.05, 4.69) is 5.32 Å². The summed E-state index contributed by atoms with van der Waals surface area (Å²) in [6.45, 7) is 2.15. The Bertz CT molecular complexity index is 554. The Hall–Kier alpha value is -2.37. The fourth-order valence-corrected chi connectivity index (χ4v) is 2.15. The van der Waals surface area contributed by atoms with Crippen LogP contribution in [-0.4, -0.2) is 29.4 Å². The summed E-state index contributed by atoms with van der Waals surface area (Å²) in [5.74, 6) is -1.74. The lowest BCUT2D eigenvalue weighted by molar-refractivity contribution is -0.139. The molecule has 1 aromatic carbocycles. The predicted octanol–water partition coefficient (Wildman–Crippen LogP) is 1.01. The van der Waals surface area contributed by atoms with E-state index in [0.29, 0.717) is 12.2 Å². The summed E-state index contributed by atoms with van der Waals surface area (Å²) in [7, 11) is 0. The maximum atomic E-state index is 11.4. The van der Waals surface area contributed by atoms with Gasteiger partial charge in [0.05, 0.1) is 0 Å². The number of rotatable bonds is 3. The average Bonchev–Trinajstić information content (AvgIpc) is 2.70. The molecular formula is C13H14N2O4. The van der Waals surface area contributed by atoms with Crippen LogP contribution >= 0.6 is 0 Å². The lowest BCUT2D eigenvalue weighted by Crippen LogP contribution is -2.25. The van der Waals surface area contributed by atoms with E-state index in [0.717, 1.165) is 17.7 Å². The maximum Gasteiger partial charge on any atom is 0.312 e. The number of carbonyl (C=O) groups excluding carboxylic acids is 2. The summed E-state index contributed by atoms with van der Waals surface area (Å²) < 4.78 is 0. The van der Waals surface area contributed by atoms with E-state index in [4.69, 9.17) is 5.11 Å². The van der Waals surface area contributed by atoms with Gasteiger partial charge < -0.3 is 15.3 Å². The summed E-state index contributed by atoms with van der Waals surface area (Å²) in [5, 5.41) is 11.0. The van der Waals surface area contributed by atoms with Gasteiger partial charge in [0.25, 0.3) is 0 Å². The van der Waals surface area contributed by atoms with Gasteiger partial charge in [-0.3, -0.25) is 14.4 Å².